The molecule has 3 nitrogen and oxygen atoms in total. The van der Waals surface area contributed by atoms with Crippen molar-refractivity contribution in [3.8, 4) is 0 Å². The van der Waals surface area contributed by atoms with Crippen molar-refractivity contribution in [2.75, 3.05) is 5.73 Å². The Bertz CT molecular complexity index is 507. The van der Waals surface area contributed by atoms with E-state index in [-0.39, 0.29) is 6.04 Å². The molecule has 1 aromatic carbocycles. The molecule has 0 fully saturated rings. The van der Waals surface area contributed by atoms with Crippen LogP contribution in [0, 0.1) is 3.57 Å². The average molecular weight is 406 g/mol. The number of nitrogens with two attached hydrogens (primary N) is 1. The minimum absolute atomic E-state index is 0.201. The molecular weight excluding hydrogens is 393 g/mol. The largest absolute Gasteiger partial charge is 0.383 e. The van der Waals surface area contributed by atoms with Gasteiger partial charge in [-0.3, -0.25) is 0 Å². The van der Waals surface area contributed by atoms with Crippen LogP contribution in [0.1, 0.15) is 24.9 Å². The number of nitrogen functional groups attached to an aromatic ring is 1. The topological polar surface area (TPSA) is 43.8 Å². The van der Waals surface area contributed by atoms with E-state index in [4.69, 9.17) is 5.73 Å². The van der Waals surface area contributed by atoms with Gasteiger partial charge in [-0.25, -0.2) is 4.68 Å². The number of rotatable bonds is 3. The summed E-state index contributed by atoms with van der Waals surface area (Å²) in [6, 6.07) is 8.50. The van der Waals surface area contributed by atoms with Gasteiger partial charge in [-0.1, -0.05) is 35.0 Å². The lowest BCUT2D eigenvalue weighted by Gasteiger charge is -2.17. The first-order valence-electron chi connectivity index (χ1n) is 5.37. The maximum absolute atomic E-state index is 6.03. The lowest BCUT2D eigenvalue weighted by molar-refractivity contribution is 0.516. The summed E-state index contributed by atoms with van der Waals surface area (Å²) >= 11 is 5.65. The summed E-state index contributed by atoms with van der Waals surface area (Å²) in [4.78, 5) is 0. The molecule has 2 rings (SSSR count). The van der Waals surface area contributed by atoms with E-state index in [2.05, 4.69) is 62.7 Å². The second-order valence-corrected chi connectivity index (χ2v) is 5.88. The van der Waals surface area contributed by atoms with Crippen LogP contribution in [0.3, 0.4) is 0 Å². The Morgan fingerprint density at radius 2 is 2.06 bits per heavy atom. The van der Waals surface area contributed by atoms with Gasteiger partial charge in [0.25, 0.3) is 0 Å². The molecule has 0 bridgehead atoms. The third-order valence-electron chi connectivity index (χ3n) is 2.72. The highest BCUT2D eigenvalue weighted by molar-refractivity contribution is 14.1. The molecule has 17 heavy (non-hydrogen) atoms. The molecule has 0 aliphatic carbocycles. The van der Waals surface area contributed by atoms with Gasteiger partial charge in [0.2, 0.25) is 0 Å². The number of aromatic nitrogens is 2. The molecule has 1 aromatic heterocycles. The second-order valence-electron chi connectivity index (χ2n) is 3.80. The fourth-order valence-electron chi connectivity index (χ4n) is 1.83. The molecule has 1 heterocycles. The van der Waals surface area contributed by atoms with Crippen LogP contribution in [0.15, 0.2) is 34.9 Å². The number of halogens is 2. The van der Waals surface area contributed by atoms with E-state index < -0.39 is 0 Å². The third kappa shape index (κ3) is 2.65. The molecule has 2 aromatic rings. The highest BCUT2D eigenvalue weighted by atomic mass is 127. The Hall–Kier alpha value is -0.560. The van der Waals surface area contributed by atoms with Crippen molar-refractivity contribution in [1.82, 2.24) is 9.78 Å². The zero-order valence-corrected chi connectivity index (χ0v) is 13.1. The lowest BCUT2D eigenvalue weighted by atomic mass is 10.1. The lowest BCUT2D eigenvalue weighted by Crippen LogP contribution is -2.14. The van der Waals surface area contributed by atoms with E-state index in [0.29, 0.717) is 0 Å². The Labute approximate surface area is 123 Å². The maximum Gasteiger partial charge on any atom is 0.135 e. The molecule has 0 radical (unpaired) electrons. The summed E-state index contributed by atoms with van der Waals surface area (Å²) in [5, 5.41) is 4.36. The van der Waals surface area contributed by atoms with Gasteiger partial charge in [0.05, 0.1) is 15.8 Å². The number of hydrogen-bond acceptors (Lipinski definition) is 2. The molecule has 5 heteroatoms. The SMILES string of the molecule is CCC(c1ccc(Br)cc1)n1ncc(I)c1N. The number of anilines is 1. The van der Waals surface area contributed by atoms with E-state index in [1.54, 1.807) is 6.20 Å². The quantitative estimate of drug-likeness (QED) is 0.788. The van der Waals surface area contributed by atoms with Crippen LogP contribution < -0.4 is 5.73 Å². The Morgan fingerprint density at radius 1 is 1.41 bits per heavy atom. The molecule has 90 valence electrons. The summed E-state index contributed by atoms with van der Waals surface area (Å²) in [6.07, 6.45) is 2.76. The molecule has 2 N–H and O–H groups in total. The van der Waals surface area contributed by atoms with Crippen LogP contribution in [-0.4, -0.2) is 9.78 Å². The van der Waals surface area contributed by atoms with E-state index in [0.717, 1.165) is 20.3 Å². The molecule has 0 spiro atoms. The summed E-state index contributed by atoms with van der Waals surface area (Å²) in [5.41, 5.74) is 7.25. The predicted octanol–water partition coefficient (Wildman–Crippen LogP) is 3.83. The van der Waals surface area contributed by atoms with Crippen molar-refractivity contribution < 1.29 is 0 Å². The Balaban J connectivity index is 2.40. The molecule has 1 unspecified atom stereocenters. The van der Waals surface area contributed by atoms with Crippen molar-refractivity contribution >= 4 is 44.3 Å². The highest BCUT2D eigenvalue weighted by Gasteiger charge is 2.16. The van der Waals surface area contributed by atoms with Crippen LogP contribution in [0.5, 0.6) is 0 Å². The summed E-state index contributed by atoms with van der Waals surface area (Å²) in [6.45, 7) is 2.14. The zero-order chi connectivity index (χ0) is 12.4. The summed E-state index contributed by atoms with van der Waals surface area (Å²) < 4.78 is 3.97. The monoisotopic (exact) mass is 405 g/mol. The first kappa shape index (κ1) is 12.9. The molecule has 0 amide bonds. The van der Waals surface area contributed by atoms with Gasteiger partial charge in [0.15, 0.2) is 0 Å². The third-order valence-corrected chi connectivity index (χ3v) is 4.08. The van der Waals surface area contributed by atoms with Gasteiger partial charge >= 0.3 is 0 Å². The van der Waals surface area contributed by atoms with Crippen LogP contribution >= 0.6 is 38.5 Å². The molecule has 1 atom stereocenters. The number of hydrogen-bond donors (Lipinski definition) is 1. The first-order valence-corrected chi connectivity index (χ1v) is 7.24. The van der Waals surface area contributed by atoms with Crippen LogP contribution in [0.2, 0.25) is 0 Å². The number of nitrogens with zero attached hydrogens (tertiary/aromatic N) is 2. The molecular formula is C12H13BrIN3. The van der Waals surface area contributed by atoms with Crippen molar-refractivity contribution in [3.05, 3.63) is 44.1 Å². The smallest absolute Gasteiger partial charge is 0.135 e. The van der Waals surface area contributed by atoms with Gasteiger partial charge in [-0.15, -0.1) is 0 Å². The van der Waals surface area contributed by atoms with Crippen LogP contribution in [0.4, 0.5) is 5.82 Å². The van der Waals surface area contributed by atoms with Crippen molar-refractivity contribution in [2.24, 2.45) is 0 Å². The number of benzene rings is 1. The molecule has 0 aliphatic rings. The zero-order valence-electron chi connectivity index (χ0n) is 9.40. The molecule has 0 saturated heterocycles. The second kappa shape index (κ2) is 5.39. The Kier molecular flexibility index (Phi) is 4.09. The standard InChI is InChI=1S/C12H13BrIN3/c1-2-11(8-3-5-9(13)6-4-8)17-12(15)10(14)7-16-17/h3-7,11H,2,15H2,1H3. The summed E-state index contributed by atoms with van der Waals surface area (Å²) in [7, 11) is 0. The van der Waals surface area contributed by atoms with Crippen molar-refractivity contribution in [3.63, 3.8) is 0 Å². The van der Waals surface area contributed by atoms with Crippen LogP contribution in [-0.2, 0) is 0 Å². The van der Waals surface area contributed by atoms with Gasteiger partial charge in [0.1, 0.15) is 5.82 Å². The predicted molar refractivity (Wildman–Crippen MR) is 81.9 cm³/mol. The average Bonchev–Trinajstić information content (AvgIpc) is 2.65. The minimum atomic E-state index is 0.201. The van der Waals surface area contributed by atoms with Crippen molar-refractivity contribution in [2.45, 2.75) is 19.4 Å². The maximum atomic E-state index is 6.03. The van der Waals surface area contributed by atoms with E-state index in [1.165, 1.54) is 5.56 Å². The van der Waals surface area contributed by atoms with E-state index >= 15 is 0 Å². The van der Waals surface area contributed by atoms with E-state index in [1.807, 2.05) is 16.8 Å². The van der Waals surface area contributed by atoms with Gasteiger partial charge < -0.3 is 5.73 Å². The van der Waals surface area contributed by atoms with Gasteiger partial charge in [0, 0.05) is 4.47 Å². The summed E-state index contributed by atoms with van der Waals surface area (Å²) in [5.74, 6) is 0.736. The van der Waals surface area contributed by atoms with Gasteiger partial charge in [-0.2, -0.15) is 5.10 Å². The normalized spacial score (nSPS) is 12.6. The first-order chi connectivity index (χ1) is 8.13. The van der Waals surface area contributed by atoms with E-state index in [9.17, 15) is 0 Å². The molecule has 0 saturated carbocycles. The van der Waals surface area contributed by atoms with Gasteiger partial charge in [-0.05, 0) is 46.7 Å². The molecule has 0 aliphatic heterocycles. The Morgan fingerprint density at radius 3 is 2.53 bits per heavy atom. The van der Waals surface area contributed by atoms with Crippen molar-refractivity contribution in [1.29, 1.82) is 0 Å². The fourth-order valence-corrected chi connectivity index (χ4v) is 2.47. The van der Waals surface area contributed by atoms with Crippen LogP contribution in [0.25, 0.3) is 0 Å². The highest BCUT2D eigenvalue weighted by Crippen LogP contribution is 2.27. The fraction of sp³-hybridized carbons (Fsp3) is 0.250. The minimum Gasteiger partial charge on any atom is -0.383 e.